The van der Waals surface area contributed by atoms with Crippen LogP contribution in [0.15, 0.2) is 42.6 Å². The molecule has 2 saturated heterocycles. The minimum Gasteiger partial charge on any atom is -0.381 e. The normalized spacial score (nSPS) is 22.8. The van der Waals surface area contributed by atoms with Crippen LogP contribution in [-0.2, 0) is 20.9 Å². The highest BCUT2D eigenvalue weighted by Gasteiger charge is 2.35. The molecule has 7 heteroatoms. The van der Waals surface area contributed by atoms with E-state index in [1.807, 2.05) is 35.0 Å². The van der Waals surface area contributed by atoms with E-state index < -0.39 is 0 Å². The van der Waals surface area contributed by atoms with Crippen LogP contribution in [0, 0.1) is 11.8 Å². The molecule has 1 aromatic heterocycles. The number of hydrogen-bond donors (Lipinski definition) is 1. The first-order valence-electron chi connectivity index (χ1n) is 8.96. The molecule has 4 rings (SSSR count). The number of carbonyl (C=O) groups is 2. The molecule has 2 fully saturated rings. The van der Waals surface area contributed by atoms with Crippen molar-refractivity contribution in [3.8, 4) is 0 Å². The second kappa shape index (κ2) is 7.29. The van der Waals surface area contributed by atoms with Crippen molar-refractivity contribution in [3.05, 3.63) is 42.6 Å². The molecule has 2 aromatic rings. The number of nitrogens with zero attached hydrogens (tertiary/aromatic N) is 3. The summed E-state index contributed by atoms with van der Waals surface area (Å²) in [4.78, 5) is 26.7. The van der Waals surface area contributed by atoms with E-state index in [-0.39, 0.29) is 24.2 Å². The van der Waals surface area contributed by atoms with E-state index in [0.717, 1.165) is 31.9 Å². The van der Waals surface area contributed by atoms with Gasteiger partial charge in [0.1, 0.15) is 5.82 Å². The molecule has 7 nitrogen and oxygen atoms in total. The number of anilines is 2. The molecule has 3 heterocycles. The zero-order chi connectivity index (χ0) is 17.9. The van der Waals surface area contributed by atoms with E-state index in [1.54, 1.807) is 17.2 Å². The third-order valence-corrected chi connectivity index (χ3v) is 4.99. The van der Waals surface area contributed by atoms with Crippen molar-refractivity contribution in [1.82, 2.24) is 9.78 Å². The van der Waals surface area contributed by atoms with Crippen LogP contribution in [0.25, 0.3) is 0 Å². The van der Waals surface area contributed by atoms with E-state index in [0.29, 0.717) is 18.3 Å². The number of benzene rings is 1. The van der Waals surface area contributed by atoms with E-state index >= 15 is 0 Å². The molecular formula is C19H22N4O3. The molecule has 0 aliphatic carbocycles. The Morgan fingerprint density at radius 2 is 2.12 bits per heavy atom. The summed E-state index contributed by atoms with van der Waals surface area (Å²) < 4.78 is 7.21. The summed E-state index contributed by atoms with van der Waals surface area (Å²) in [6, 6.07) is 11.3. The summed E-state index contributed by atoms with van der Waals surface area (Å²) in [5, 5.41) is 7.25. The van der Waals surface area contributed by atoms with E-state index in [4.69, 9.17) is 4.74 Å². The van der Waals surface area contributed by atoms with Gasteiger partial charge in [0.25, 0.3) is 0 Å². The average Bonchev–Trinajstić information content (AvgIpc) is 3.39. The smallest absolute Gasteiger partial charge is 0.230 e. The summed E-state index contributed by atoms with van der Waals surface area (Å²) in [5.41, 5.74) is 0.832. The minimum atomic E-state index is -0.360. The number of aromatic nitrogens is 2. The van der Waals surface area contributed by atoms with Crippen LogP contribution in [-0.4, -0.2) is 41.4 Å². The Labute approximate surface area is 151 Å². The maximum absolute atomic E-state index is 12.7. The van der Waals surface area contributed by atoms with Gasteiger partial charge in [-0.1, -0.05) is 18.2 Å². The zero-order valence-corrected chi connectivity index (χ0v) is 14.5. The number of carbonyl (C=O) groups excluding carboxylic acids is 2. The number of rotatable bonds is 5. The fourth-order valence-electron chi connectivity index (χ4n) is 3.53. The van der Waals surface area contributed by atoms with Gasteiger partial charge in [-0.3, -0.25) is 9.59 Å². The monoisotopic (exact) mass is 354 g/mol. The largest absolute Gasteiger partial charge is 0.381 e. The third-order valence-electron chi connectivity index (χ3n) is 4.99. The molecule has 136 valence electrons. The average molecular weight is 354 g/mol. The number of para-hydroxylation sites is 1. The van der Waals surface area contributed by atoms with E-state index in [1.165, 1.54) is 0 Å². The topological polar surface area (TPSA) is 76.5 Å². The molecule has 1 aromatic carbocycles. The molecule has 2 aliphatic heterocycles. The summed E-state index contributed by atoms with van der Waals surface area (Å²) in [6.45, 7) is 2.64. The van der Waals surface area contributed by atoms with Gasteiger partial charge in [-0.2, -0.15) is 5.10 Å². The van der Waals surface area contributed by atoms with Crippen molar-refractivity contribution < 1.29 is 14.3 Å². The zero-order valence-electron chi connectivity index (χ0n) is 14.5. The van der Waals surface area contributed by atoms with Crippen molar-refractivity contribution in [2.45, 2.75) is 19.4 Å². The molecule has 26 heavy (non-hydrogen) atoms. The van der Waals surface area contributed by atoms with Gasteiger partial charge in [0.15, 0.2) is 0 Å². The second-order valence-corrected chi connectivity index (χ2v) is 6.86. The first kappa shape index (κ1) is 16.8. The highest BCUT2D eigenvalue weighted by atomic mass is 16.5. The van der Waals surface area contributed by atoms with Crippen molar-refractivity contribution in [2.24, 2.45) is 11.8 Å². The molecule has 2 atom stereocenters. The molecule has 0 bridgehead atoms. The van der Waals surface area contributed by atoms with Gasteiger partial charge in [-0.05, 0) is 18.6 Å². The standard InChI is InChI=1S/C19H22N4O3/c24-18-10-15(12-22(18)16-4-2-1-3-5-16)19(25)21-17-6-8-20-23(17)11-14-7-9-26-13-14/h1-6,8,14-15H,7,9-13H2,(H,21,25)/t14-,15-/m1/s1. The molecule has 1 N–H and O–H groups in total. The highest BCUT2D eigenvalue weighted by Crippen LogP contribution is 2.26. The van der Waals surface area contributed by atoms with Crippen LogP contribution in [0.3, 0.4) is 0 Å². The van der Waals surface area contributed by atoms with Gasteiger partial charge < -0.3 is 15.0 Å². The minimum absolute atomic E-state index is 0.0204. The first-order valence-corrected chi connectivity index (χ1v) is 8.96. The van der Waals surface area contributed by atoms with Crippen LogP contribution in [0.2, 0.25) is 0 Å². The lowest BCUT2D eigenvalue weighted by molar-refractivity contribution is -0.122. The lowest BCUT2D eigenvalue weighted by Crippen LogP contribution is -2.29. The molecule has 2 amide bonds. The highest BCUT2D eigenvalue weighted by molar-refractivity contribution is 6.03. The Morgan fingerprint density at radius 3 is 2.88 bits per heavy atom. The Hall–Kier alpha value is -2.67. The molecule has 0 unspecified atom stereocenters. The van der Waals surface area contributed by atoms with Gasteiger partial charge >= 0.3 is 0 Å². The molecule has 0 saturated carbocycles. The van der Waals surface area contributed by atoms with E-state index in [2.05, 4.69) is 10.4 Å². The summed E-state index contributed by atoms with van der Waals surface area (Å²) in [5.74, 6) is 0.578. The van der Waals surface area contributed by atoms with Gasteiger partial charge in [0, 0.05) is 43.8 Å². The molecular weight excluding hydrogens is 332 g/mol. The van der Waals surface area contributed by atoms with Crippen molar-refractivity contribution in [1.29, 1.82) is 0 Å². The fourth-order valence-corrected chi connectivity index (χ4v) is 3.53. The van der Waals surface area contributed by atoms with Crippen LogP contribution in [0.5, 0.6) is 0 Å². The van der Waals surface area contributed by atoms with Crippen molar-refractivity contribution >= 4 is 23.3 Å². The predicted molar refractivity (Wildman–Crippen MR) is 96.7 cm³/mol. The van der Waals surface area contributed by atoms with Gasteiger partial charge in [0.05, 0.1) is 18.7 Å². The maximum Gasteiger partial charge on any atom is 0.230 e. The summed E-state index contributed by atoms with van der Waals surface area (Å²) >= 11 is 0. The number of nitrogens with one attached hydrogen (secondary N) is 1. The second-order valence-electron chi connectivity index (χ2n) is 6.86. The Morgan fingerprint density at radius 1 is 1.27 bits per heavy atom. The Balaban J connectivity index is 1.40. The van der Waals surface area contributed by atoms with Crippen molar-refractivity contribution in [3.63, 3.8) is 0 Å². The van der Waals surface area contributed by atoms with Crippen LogP contribution in [0.1, 0.15) is 12.8 Å². The van der Waals surface area contributed by atoms with Gasteiger partial charge in [0.2, 0.25) is 11.8 Å². The summed E-state index contributed by atoms with van der Waals surface area (Å²) in [6.07, 6.45) is 2.92. The third kappa shape index (κ3) is 3.48. The number of hydrogen-bond acceptors (Lipinski definition) is 4. The van der Waals surface area contributed by atoms with E-state index in [9.17, 15) is 9.59 Å². The molecule has 2 aliphatic rings. The maximum atomic E-state index is 12.7. The number of amides is 2. The Kier molecular flexibility index (Phi) is 4.71. The van der Waals surface area contributed by atoms with Gasteiger partial charge in [-0.25, -0.2) is 4.68 Å². The fraction of sp³-hybridized carbons (Fsp3) is 0.421. The Bertz CT molecular complexity index is 783. The predicted octanol–water partition coefficient (Wildman–Crippen LogP) is 1.91. The molecule has 0 spiro atoms. The quantitative estimate of drug-likeness (QED) is 0.890. The lowest BCUT2D eigenvalue weighted by atomic mass is 10.1. The lowest BCUT2D eigenvalue weighted by Gasteiger charge is -2.17. The van der Waals surface area contributed by atoms with Crippen molar-refractivity contribution in [2.75, 3.05) is 30.0 Å². The number of ether oxygens (including phenoxy) is 1. The summed E-state index contributed by atoms with van der Waals surface area (Å²) in [7, 11) is 0. The first-order chi connectivity index (χ1) is 12.7. The van der Waals surface area contributed by atoms with Crippen LogP contribution >= 0.6 is 0 Å². The molecule has 0 radical (unpaired) electrons. The van der Waals surface area contributed by atoms with Crippen LogP contribution in [0.4, 0.5) is 11.5 Å². The van der Waals surface area contributed by atoms with Crippen LogP contribution < -0.4 is 10.2 Å². The SMILES string of the molecule is O=C(Nc1ccnn1C[C@H]1CCOC1)[C@@H]1CC(=O)N(c2ccccc2)C1. The van der Waals surface area contributed by atoms with Gasteiger partial charge in [-0.15, -0.1) is 0 Å².